The number of nitrogens with one attached hydrogen (secondary N) is 1. The molecule has 1 saturated heterocycles. The Balaban J connectivity index is 2.24. The molecule has 1 aliphatic heterocycles. The minimum absolute atomic E-state index is 0.200. The monoisotopic (exact) mass is 218 g/mol. The number of hydrogen-bond donors (Lipinski definition) is 2. The van der Waals surface area contributed by atoms with Gasteiger partial charge in [-0.05, 0) is 49.4 Å². The lowest BCUT2D eigenvalue weighted by molar-refractivity contribution is 0.455. The highest BCUT2D eigenvalue weighted by molar-refractivity contribution is 5.33. The number of piperidine rings is 1. The van der Waals surface area contributed by atoms with Crippen molar-refractivity contribution in [2.75, 3.05) is 13.1 Å². The van der Waals surface area contributed by atoms with Crippen LogP contribution in [0.1, 0.15) is 49.3 Å². The SMILES string of the molecule is CC[C@@H](N)c1ccccc1C1CCNCC1. The summed E-state index contributed by atoms with van der Waals surface area (Å²) in [7, 11) is 0. The van der Waals surface area contributed by atoms with Crippen LogP contribution in [0.15, 0.2) is 24.3 Å². The second-order valence-electron chi connectivity index (χ2n) is 4.67. The van der Waals surface area contributed by atoms with Crippen molar-refractivity contribution in [1.82, 2.24) is 5.32 Å². The molecule has 0 unspecified atom stereocenters. The van der Waals surface area contributed by atoms with Gasteiger partial charge in [0.1, 0.15) is 0 Å². The Hall–Kier alpha value is -0.860. The van der Waals surface area contributed by atoms with Crippen LogP contribution in [0, 0.1) is 0 Å². The first-order valence-electron chi connectivity index (χ1n) is 6.38. The smallest absolute Gasteiger partial charge is 0.0295 e. The fraction of sp³-hybridized carbons (Fsp3) is 0.571. The van der Waals surface area contributed by atoms with Gasteiger partial charge in [0.2, 0.25) is 0 Å². The molecule has 0 aliphatic carbocycles. The quantitative estimate of drug-likeness (QED) is 0.818. The van der Waals surface area contributed by atoms with Crippen molar-refractivity contribution in [2.24, 2.45) is 5.73 Å². The molecular formula is C14H22N2. The van der Waals surface area contributed by atoms with Crippen LogP contribution >= 0.6 is 0 Å². The van der Waals surface area contributed by atoms with Crippen molar-refractivity contribution in [3.8, 4) is 0 Å². The molecule has 1 fully saturated rings. The molecule has 0 amide bonds. The molecule has 1 atom stereocenters. The van der Waals surface area contributed by atoms with Crippen LogP contribution in [0.2, 0.25) is 0 Å². The summed E-state index contributed by atoms with van der Waals surface area (Å²) in [5.41, 5.74) is 9.03. The second kappa shape index (κ2) is 5.46. The molecule has 0 bridgehead atoms. The van der Waals surface area contributed by atoms with Crippen LogP contribution in [0.3, 0.4) is 0 Å². The van der Waals surface area contributed by atoms with Gasteiger partial charge in [-0.15, -0.1) is 0 Å². The van der Waals surface area contributed by atoms with Gasteiger partial charge in [0.15, 0.2) is 0 Å². The Morgan fingerprint density at radius 3 is 2.69 bits per heavy atom. The molecule has 2 heteroatoms. The van der Waals surface area contributed by atoms with Gasteiger partial charge in [-0.3, -0.25) is 0 Å². The zero-order valence-corrected chi connectivity index (χ0v) is 10.1. The fourth-order valence-electron chi connectivity index (χ4n) is 2.57. The number of benzene rings is 1. The maximum atomic E-state index is 6.19. The molecule has 3 N–H and O–H groups in total. The first kappa shape index (κ1) is 11.6. The van der Waals surface area contributed by atoms with E-state index < -0.39 is 0 Å². The Morgan fingerprint density at radius 1 is 1.31 bits per heavy atom. The van der Waals surface area contributed by atoms with Crippen LogP contribution in [-0.2, 0) is 0 Å². The van der Waals surface area contributed by atoms with E-state index in [-0.39, 0.29) is 6.04 Å². The molecule has 1 aromatic carbocycles. The maximum absolute atomic E-state index is 6.19. The third-order valence-electron chi connectivity index (χ3n) is 3.61. The number of rotatable bonds is 3. The zero-order chi connectivity index (χ0) is 11.4. The van der Waals surface area contributed by atoms with Gasteiger partial charge in [0, 0.05) is 6.04 Å². The standard InChI is InChI=1S/C14H22N2/c1-2-14(15)13-6-4-3-5-12(13)11-7-9-16-10-8-11/h3-6,11,14,16H,2,7-10,15H2,1H3/t14-/m1/s1. The summed E-state index contributed by atoms with van der Waals surface area (Å²) in [6.07, 6.45) is 3.50. The van der Waals surface area contributed by atoms with Gasteiger partial charge in [-0.1, -0.05) is 31.2 Å². The van der Waals surface area contributed by atoms with Crippen LogP contribution in [0.5, 0.6) is 0 Å². The molecule has 1 heterocycles. The van der Waals surface area contributed by atoms with E-state index in [0.29, 0.717) is 5.92 Å². The van der Waals surface area contributed by atoms with E-state index in [1.807, 2.05) is 0 Å². The average Bonchev–Trinajstić information content (AvgIpc) is 2.39. The first-order valence-corrected chi connectivity index (χ1v) is 6.38. The van der Waals surface area contributed by atoms with E-state index in [0.717, 1.165) is 19.5 Å². The van der Waals surface area contributed by atoms with E-state index in [9.17, 15) is 0 Å². The van der Waals surface area contributed by atoms with E-state index in [1.54, 1.807) is 0 Å². The minimum Gasteiger partial charge on any atom is -0.324 e. The Kier molecular flexibility index (Phi) is 3.97. The summed E-state index contributed by atoms with van der Waals surface area (Å²) < 4.78 is 0. The third-order valence-corrected chi connectivity index (χ3v) is 3.61. The van der Waals surface area contributed by atoms with Gasteiger partial charge < -0.3 is 11.1 Å². The lowest BCUT2D eigenvalue weighted by Gasteiger charge is -2.26. The molecule has 1 aromatic rings. The Morgan fingerprint density at radius 2 is 2.00 bits per heavy atom. The lowest BCUT2D eigenvalue weighted by Crippen LogP contribution is -2.27. The number of nitrogens with two attached hydrogens (primary N) is 1. The highest BCUT2D eigenvalue weighted by Crippen LogP contribution is 2.31. The van der Waals surface area contributed by atoms with E-state index in [1.165, 1.54) is 24.0 Å². The summed E-state index contributed by atoms with van der Waals surface area (Å²) in [6, 6.07) is 8.91. The van der Waals surface area contributed by atoms with Gasteiger partial charge in [0.05, 0.1) is 0 Å². The summed E-state index contributed by atoms with van der Waals surface area (Å²) in [4.78, 5) is 0. The third kappa shape index (κ3) is 2.45. The van der Waals surface area contributed by atoms with Gasteiger partial charge in [-0.25, -0.2) is 0 Å². The summed E-state index contributed by atoms with van der Waals surface area (Å²) in [5.74, 6) is 0.704. The summed E-state index contributed by atoms with van der Waals surface area (Å²) >= 11 is 0. The molecule has 0 saturated carbocycles. The molecule has 0 aromatic heterocycles. The molecule has 0 radical (unpaired) electrons. The molecule has 2 rings (SSSR count). The van der Waals surface area contributed by atoms with Crippen molar-refractivity contribution in [2.45, 2.75) is 38.1 Å². The van der Waals surface area contributed by atoms with Crippen molar-refractivity contribution in [3.05, 3.63) is 35.4 Å². The van der Waals surface area contributed by atoms with Crippen LogP contribution in [-0.4, -0.2) is 13.1 Å². The van der Waals surface area contributed by atoms with Crippen LogP contribution < -0.4 is 11.1 Å². The highest BCUT2D eigenvalue weighted by atomic mass is 14.9. The van der Waals surface area contributed by atoms with Gasteiger partial charge in [-0.2, -0.15) is 0 Å². The predicted octanol–water partition coefficient (Wildman–Crippen LogP) is 2.56. The molecule has 2 nitrogen and oxygen atoms in total. The largest absolute Gasteiger partial charge is 0.324 e. The average molecular weight is 218 g/mol. The minimum atomic E-state index is 0.200. The lowest BCUT2D eigenvalue weighted by atomic mass is 9.85. The van der Waals surface area contributed by atoms with Gasteiger partial charge >= 0.3 is 0 Å². The normalized spacial score (nSPS) is 19.6. The molecule has 16 heavy (non-hydrogen) atoms. The molecular weight excluding hydrogens is 196 g/mol. The van der Waals surface area contributed by atoms with Crippen molar-refractivity contribution in [3.63, 3.8) is 0 Å². The zero-order valence-electron chi connectivity index (χ0n) is 10.1. The fourth-order valence-corrected chi connectivity index (χ4v) is 2.57. The highest BCUT2D eigenvalue weighted by Gasteiger charge is 2.19. The molecule has 1 aliphatic rings. The summed E-state index contributed by atoms with van der Waals surface area (Å²) in [6.45, 7) is 4.44. The molecule has 88 valence electrons. The first-order chi connectivity index (χ1) is 7.83. The number of hydrogen-bond acceptors (Lipinski definition) is 2. The predicted molar refractivity (Wildman–Crippen MR) is 68.5 cm³/mol. The van der Waals surface area contributed by atoms with Crippen molar-refractivity contribution < 1.29 is 0 Å². The van der Waals surface area contributed by atoms with E-state index in [2.05, 4.69) is 36.5 Å². The van der Waals surface area contributed by atoms with Crippen molar-refractivity contribution >= 4 is 0 Å². The van der Waals surface area contributed by atoms with Crippen LogP contribution in [0.25, 0.3) is 0 Å². The van der Waals surface area contributed by atoms with Crippen LogP contribution in [0.4, 0.5) is 0 Å². The van der Waals surface area contributed by atoms with Gasteiger partial charge in [0.25, 0.3) is 0 Å². The van der Waals surface area contributed by atoms with E-state index in [4.69, 9.17) is 5.73 Å². The van der Waals surface area contributed by atoms with E-state index >= 15 is 0 Å². The summed E-state index contributed by atoms with van der Waals surface area (Å²) in [5, 5.41) is 3.42. The Bertz CT molecular complexity index is 329. The van der Waals surface area contributed by atoms with Crippen molar-refractivity contribution in [1.29, 1.82) is 0 Å². The second-order valence-corrected chi connectivity index (χ2v) is 4.67. The maximum Gasteiger partial charge on any atom is 0.0295 e. The Labute approximate surface area is 98.2 Å². The molecule has 0 spiro atoms. The topological polar surface area (TPSA) is 38.0 Å².